The number of halogens is 2. The van der Waals surface area contributed by atoms with Crippen LogP contribution in [0, 0.1) is 0 Å². The molecule has 3 heteroatoms. The Morgan fingerprint density at radius 2 is 1.95 bits per heavy atom. The van der Waals surface area contributed by atoms with Gasteiger partial charge >= 0.3 is 0 Å². The Morgan fingerprint density at radius 3 is 2.81 bits per heavy atom. The molecule has 0 fully saturated rings. The Morgan fingerprint density at radius 1 is 1.14 bits per heavy atom. The SMILES string of the molecule is OC(CC1CCCc2ccccc21)c1cc(Cl)ccc1Cl. The van der Waals surface area contributed by atoms with Crippen LogP contribution in [0.1, 0.15) is 48.0 Å². The maximum atomic E-state index is 10.6. The van der Waals surface area contributed by atoms with Crippen molar-refractivity contribution in [1.82, 2.24) is 0 Å². The highest BCUT2D eigenvalue weighted by Gasteiger charge is 2.24. The summed E-state index contributed by atoms with van der Waals surface area (Å²) in [5.41, 5.74) is 3.52. The van der Waals surface area contributed by atoms with E-state index < -0.39 is 6.10 Å². The van der Waals surface area contributed by atoms with Crippen molar-refractivity contribution in [2.45, 2.75) is 37.7 Å². The molecule has 0 spiro atoms. The maximum Gasteiger partial charge on any atom is 0.0810 e. The van der Waals surface area contributed by atoms with E-state index in [1.54, 1.807) is 18.2 Å². The molecule has 1 aliphatic carbocycles. The van der Waals surface area contributed by atoms with Gasteiger partial charge < -0.3 is 5.11 Å². The van der Waals surface area contributed by atoms with E-state index in [0.717, 1.165) is 18.4 Å². The summed E-state index contributed by atoms with van der Waals surface area (Å²) >= 11 is 12.2. The first-order valence-electron chi connectivity index (χ1n) is 7.36. The van der Waals surface area contributed by atoms with Gasteiger partial charge in [-0.15, -0.1) is 0 Å². The number of rotatable bonds is 3. The van der Waals surface area contributed by atoms with Crippen molar-refractivity contribution < 1.29 is 5.11 Å². The van der Waals surface area contributed by atoms with E-state index in [-0.39, 0.29) is 0 Å². The van der Waals surface area contributed by atoms with E-state index >= 15 is 0 Å². The van der Waals surface area contributed by atoms with Gasteiger partial charge in [-0.1, -0.05) is 47.5 Å². The fraction of sp³-hybridized carbons (Fsp3) is 0.333. The van der Waals surface area contributed by atoms with Crippen molar-refractivity contribution in [1.29, 1.82) is 0 Å². The summed E-state index contributed by atoms with van der Waals surface area (Å²) in [6.45, 7) is 0. The van der Waals surface area contributed by atoms with E-state index in [0.29, 0.717) is 22.4 Å². The second-order valence-corrected chi connectivity index (χ2v) is 6.55. The first-order chi connectivity index (χ1) is 10.1. The molecule has 0 amide bonds. The summed E-state index contributed by atoms with van der Waals surface area (Å²) in [6.07, 6.45) is 3.55. The van der Waals surface area contributed by atoms with Gasteiger partial charge in [-0.2, -0.15) is 0 Å². The predicted octanol–water partition coefficient (Wildman–Crippen LogP) is 5.54. The molecule has 1 nitrogen and oxygen atoms in total. The Labute approximate surface area is 135 Å². The van der Waals surface area contributed by atoms with Gasteiger partial charge in [-0.05, 0) is 60.9 Å². The molecule has 0 aromatic heterocycles. The van der Waals surface area contributed by atoms with Gasteiger partial charge in [-0.3, -0.25) is 0 Å². The molecule has 1 N–H and O–H groups in total. The van der Waals surface area contributed by atoms with Crippen LogP contribution in [0.4, 0.5) is 0 Å². The normalized spacial score (nSPS) is 19.1. The minimum atomic E-state index is -0.577. The lowest BCUT2D eigenvalue weighted by molar-refractivity contribution is 0.154. The van der Waals surface area contributed by atoms with Crippen LogP contribution in [0.3, 0.4) is 0 Å². The van der Waals surface area contributed by atoms with Crippen LogP contribution in [0.25, 0.3) is 0 Å². The number of benzene rings is 2. The maximum absolute atomic E-state index is 10.6. The minimum absolute atomic E-state index is 0.389. The number of hydrogen-bond acceptors (Lipinski definition) is 1. The van der Waals surface area contributed by atoms with Crippen molar-refractivity contribution in [2.24, 2.45) is 0 Å². The van der Waals surface area contributed by atoms with Crippen LogP contribution in [-0.2, 0) is 6.42 Å². The Balaban J connectivity index is 1.82. The number of aliphatic hydroxyl groups is 1. The van der Waals surface area contributed by atoms with E-state index in [4.69, 9.17) is 23.2 Å². The average Bonchev–Trinajstić information content (AvgIpc) is 2.50. The summed E-state index contributed by atoms with van der Waals surface area (Å²) in [7, 11) is 0. The standard InChI is InChI=1S/C18H18Cl2O/c19-14-8-9-17(20)16(11-14)18(21)10-13-6-3-5-12-4-1-2-7-15(12)13/h1-2,4,7-9,11,13,18,21H,3,5-6,10H2. The molecule has 3 rings (SSSR count). The van der Waals surface area contributed by atoms with Gasteiger partial charge in [0.15, 0.2) is 0 Å². The largest absolute Gasteiger partial charge is 0.388 e. The smallest absolute Gasteiger partial charge is 0.0810 e. The first kappa shape index (κ1) is 14.9. The first-order valence-corrected chi connectivity index (χ1v) is 8.11. The third-order valence-electron chi connectivity index (χ3n) is 4.32. The molecule has 0 saturated carbocycles. The van der Waals surface area contributed by atoms with E-state index in [1.807, 2.05) is 0 Å². The lowest BCUT2D eigenvalue weighted by Crippen LogP contribution is -2.13. The summed E-state index contributed by atoms with van der Waals surface area (Å²) in [5, 5.41) is 11.7. The summed E-state index contributed by atoms with van der Waals surface area (Å²) in [5.74, 6) is 0.389. The van der Waals surface area contributed by atoms with Crippen LogP contribution < -0.4 is 0 Å². The van der Waals surface area contributed by atoms with Gasteiger partial charge in [0.25, 0.3) is 0 Å². The zero-order valence-electron chi connectivity index (χ0n) is 11.7. The molecule has 0 radical (unpaired) electrons. The van der Waals surface area contributed by atoms with Crippen molar-refractivity contribution in [3.63, 3.8) is 0 Å². The van der Waals surface area contributed by atoms with Crippen LogP contribution in [0.5, 0.6) is 0 Å². The van der Waals surface area contributed by atoms with Crippen molar-refractivity contribution >= 4 is 23.2 Å². The van der Waals surface area contributed by atoms with Crippen LogP contribution in [-0.4, -0.2) is 5.11 Å². The molecule has 0 aliphatic heterocycles. The van der Waals surface area contributed by atoms with E-state index in [1.165, 1.54) is 17.5 Å². The quantitative estimate of drug-likeness (QED) is 0.787. The molecule has 1 aliphatic rings. The summed E-state index contributed by atoms with van der Waals surface area (Å²) < 4.78 is 0. The molecular formula is C18H18Cl2O. The molecular weight excluding hydrogens is 303 g/mol. The highest BCUT2D eigenvalue weighted by molar-refractivity contribution is 6.33. The van der Waals surface area contributed by atoms with Gasteiger partial charge in [0.2, 0.25) is 0 Å². The lowest BCUT2D eigenvalue weighted by Gasteiger charge is -2.27. The van der Waals surface area contributed by atoms with E-state index in [9.17, 15) is 5.11 Å². The third kappa shape index (κ3) is 3.26. The van der Waals surface area contributed by atoms with Gasteiger partial charge in [0, 0.05) is 15.6 Å². The lowest BCUT2D eigenvalue weighted by atomic mass is 9.79. The molecule has 2 aromatic rings. The Hall–Kier alpha value is -1.02. The van der Waals surface area contributed by atoms with Crippen LogP contribution in [0.15, 0.2) is 42.5 Å². The molecule has 110 valence electrons. The number of fused-ring (bicyclic) bond motifs is 1. The third-order valence-corrected chi connectivity index (χ3v) is 4.90. The monoisotopic (exact) mass is 320 g/mol. The zero-order chi connectivity index (χ0) is 14.8. The van der Waals surface area contributed by atoms with Gasteiger partial charge in [-0.25, -0.2) is 0 Å². The van der Waals surface area contributed by atoms with E-state index in [2.05, 4.69) is 24.3 Å². The van der Waals surface area contributed by atoms with Gasteiger partial charge in [0.05, 0.1) is 6.10 Å². The van der Waals surface area contributed by atoms with Crippen molar-refractivity contribution in [3.8, 4) is 0 Å². The van der Waals surface area contributed by atoms with Crippen molar-refractivity contribution in [2.75, 3.05) is 0 Å². The fourth-order valence-corrected chi connectivity index (χ4v) is 3.69. The molecule has 0 saturated heterocycles. The van der Waals surface area contributed by atoms with Crippen LogP contribution >= 0.6 is 23.2 Å². The van der Waals surface area contributed by atoms with Crippen molar-refractivity contribution in [3.05, 3.63) is 69.2 Å². The molecule has 2 unspecified atom stereocenters. The molecule has 2 aromatic carbocycles. The van der Waals surface area contributed by atoms with Crippen LogP contribution in [0.2, 0.25) is 10.0 Å². The Bertz CT molecular complexity index is 639. The zero-order valence-corrected chi connectivity index (χ0v) is 13.2. The molecule has 21 heavy (non-hydrogen) atoms. The average molecular weight is 321 g/mol. The number of aryl methyl sites for hydroxylation is 1. The second kappa shape index (κ2) is 6.39. The molecule has 0 heterocycles. The minimum Gasteiger partial charge on any atom is -0.388 e. The van der Waals surface area contributed by atoms with Gasteiger partial charge in [0.1, 0.15) is 0 Å². The molecule has 0 bridgehead atoms. The fourth-order valence-electron chi connectivity index (χ4n) is 3.27. The Kier molecular flexibility index (Phi) is 4.54. The highest BCUT2D eigenvalue weighted by Crippen LogP contribution is 2.39. The topological polar surface area (TPSA) is 20.2 Å². The molecule has 2 atom stereocenters. The predicted molar refractivity (Wildman–Crippen MR) is 88.2 cm³/mol. The summed E-state index contributed by atoms with van der Waals surface area (Å²) in [6, 6.07) is 13.8. The summed E-state index contributed by atoms with van der Waals surface area (Å²) in [4.78, 5) is 0. The second-order valence-electron chi connectivity index (χ2n) is 5.71. The number of hydrogen-bond donors (Lipinski definition) is 1. The number of aliphatic hydroxyl groups excluding tert-OH is 1. The highest BCUT2D eigenvalue weighted by atomic mass is 35.5.